The molecule has 0 bridgehead atoms. The van der Waals surface area contributed by atoms with Crippen LogP contribution in [0, 0.1) is 0 Å². The van der Waals surface area contributed by atoms with Crippen molar-refractivity contribution in [1.29, 1.82) is 0 Å². The standard InChI is InChI=1S/C22H24BrNO6/c1-11(25)24-16-7-6-12-8-18(28-3)21(29-4)22(30-5)19(12)14-9-15(23)20(26)17(27-2)10-13(14)16/h8-10,16H,6-7H2,1-5H3,(H,24,25). The molecule has 0 spiro atoms. The summed E-state index contributed by atoms with van der Waals surface area (Å²) in [7, 11) is 6.12. The Labute approximate surface area is 183 Å². The third-order valence-corrected chi connectivity index (χ3v) is 5.75. The molecule has 3 rings (SSSR count). The van der Waals surface area contributed by atoms with Gasteiger partial charge >= 0.3 is 0 Å². The van der Waals surface area contributed by atoms with Crippen molar-refractivity contribution < 1.29 is 23.7 Å². The lowest BCUT2D eigenvalue weighted by Gasteiger charge is -2.20. The quantitative estimate of drug-likeness (QED) is 0.707. The molecule has 2 aromatic rings. The van der Waals surface area contributed by atoms with Crippen LogP contribution in [0.15, 0.2) is 27.5 Å². The first-order valence-electron chi connectivity index (χ1n) is 9.37. The maximum atomic E-state index is 12.7. The summed E-state index contributed by atoms with van der Waals surface area (Å²) in [6, 6.07) is 5.02. The van der Waals surface area contributed by atoms with Crippen molar-refractivity contribution in [1.82, 2.24) is 5.32 Å². The Hall–Kier alpha value is -2.74. The van der Waals surface area contributed by atoms with Crippen LogP contribution in [0.1, 0.15) is 30.5 Å². The van der Waals surface area contributed by atoms with Gasteiger partial charge in [-0.05, 0) is 63.7 Å². The first-order valence-corrected chi connectivity index (χ1v) is 10.2. The zero-order valence-electron chi connectivity index (χ0n) is 17.6. The summed E-state index contributed by atoms with van der Waals surface area (Å²) < 4.78 is 22.5. The Balaban J connectivity index is 2.48. The zero-order chi connectivity index (χ0) is 22.0. The summed E-state index contributed by atoms with van der Waals surface area (Å²) in [6.07, 6.45) is 1.27. The van der Waals surface area contributed by atoms with Gasteiger partial charge in [0.2, 0.25) is 17.1 Å². The van der Waals surface area contributed by atoms with Crippen molar-refractivity contribution in [3.63, 3.8) is 0 Å². The molecule has 30 heavy (non-hydrogen) atoms. The third kappa shape index (κ3) is 3.84. The second-order valence-electron chi connectivity index (χ2n) is 6.87. The van der Waals surface area contributed by atoms with Crippen LogP contribution in [0.4, 0.5) is 0 Å². The maximum absolute atomic E-state index is 12.7. The number of carbonyl (C=O) groups is 1. The number of hydrogen-bond acceptors (Lipinski definition) is 6. The van der Waals surface area contributed by atoms with E-state index in [0.29, 0.717) is 34.6 Å². The van der Waals surface area contributed by atoms with E-state index < -0.39 is 0 Å². The number of halogens is 1. The zero-order valence-corrected chi connectivity index (χ0v) is 19.1. The number of hydrogen-bond donors (Lipinski definition) is 1. The van der Waals surface area contributed by atoms with Gasteiger partial charge in [-0.2, -0.15) is 0 Å². The SMILES string of the molecule is COc1cc2c(c(OC)c1OC)-c1cc(Br)c(=O)c(OC)cc1C(NC(C)=O)CC2. The topological polar surface area (TPSA) is 83.1 Å². The van der Waals surface area contributed by atoms with Crippen LogP contribution in [0.5, 0.6) is 23.0 Å². The Morgan fingerprint density at radius 3 is 2.23 bits per heavy atom. The number of ether oxygens (including phenoxy) is 4. The van der Waals surface area contributed by atoms with Crippen molar-refractivity contribution in [2.24, 2.45) is 0 Å². The first kappa shape index (κ1) is 22.0. The van der Waals surface area contributed by atoms with Crippen LogP contribution < -0.4 is 29.7 Å². The molecule has 0 fully saturated rings. The van der Waals surface area contributed by atoms with Crippen LogP contribution in [-0.4, -0.2) is 34.3 Å². The highest BCUT2D eigenvalue weighted by atomic mass is 79.9. The van der Waals surface area contributed by atoms with E-state index in [4.69, 9.17) is 18.9 Å². The second kappa shape index (κ2) is 8.95. The van der Waals surface area contributed by atoms with E-state index >= 15 is 0 Å². The number of nitrogens with one attached hydrogen (secondary N) is 1. The predicted molar refractivity (Wildman–Crippen MR) is 117 cm³/mol. The molecule has 2 aromatic carbocycles. The highest BCUT2D eigenvalue weighted by Crippen LogP contribution is 2.50. The normalized spacial score (nSPS) is 14.7. The lowest BCUT2D eigenvalue weighted by Crippen LogP contribution is -2.26. The van der Waals surface area contributed by atoms with E-state index in [1.165, 1.54) is 14.0 Å². The first-order chi connectivity index (χ1) is 14.4. The van der Waals surface area contributed by atoms with Gasteiger partial charge in [0.05, 0.1) is 39.0 Å². The van der Waals surface area contributed by atoms with Gasteiger partial charge in [-0.1, -0.05) is 0 Å². The summed E-state index contributed by atoms with van der Waals surface area (Å²) in [5.41, 5.74) is 2.97. The van der Waals surface area contributed by atoms with Gasteiger partial charge in [0.1, 0.15) is 0 Å². The molecule has 1 aliphatic carbocycles. The maximum Gasteiger partial charge on any atom is 0.234 e. The largest absolute Gasteiger partial charge is 0.493 e. The Morgan fingerprint density at radius 1 is 1.00 bits per heavy atom. The smallest absolute Gasteiger partial charge is 0.234 e. The average molecular weight is 478 g/mol. The minimum Gasteiger partial charge on any atom is -0.493 e. The second-order valence-corrected chi connectivity index (χ2v) is 7.73. The van der Waals surface area contributed by atoms with Gasteiger partial charge < -0.3 is 24.3 Å². The van der Waals surface area contributed by atoms with Crippen LogP contribution in [0.25, 0.3) is 11.1 Å². The fraction of sp³-hybridized carbons (Fsp3) is 0.364. The lowest BCUT2D eigenvalue weighted by atomic mass is 9.95. The van der Waals surface area contributed by atoms with Gasteiger partial charge in [0, 0.05) is 12.5 Å². The Morgan fingerprint density at radius 2 is 1.67 bits per heavy atom. The molecule has 1 amide bonds. The minimum absolute atomic E-state index is 0.161. The number of fused-ring (bicyclic) bond motifs is 3. The Bertz CT molecular complexity index is 1050. The summed E-state index contributed by atoms with van der Waals surface area (Å²) >= 11 is 3.38. The van der Waals surface area contributed by atoms with E-state index in [1.54, 1.807) is 33.5 Å². The number of benzene rings is 1. The molecule has 160 valence electrons. The predicted octanol–water partition coefficient (Wildman–Crippen LogP) is 3.63. The third-order valence-electron chi connectivity index (χ3n) is 5.17. The van der Waals surface area contributed by atoms with E-state index in [-0.39, 0.29) is 23.1 Å². The van der Waals surface area contributed by atoms with Gasteiger partial charge in [-0.15, -0.1) is 0 Å². The van der Waals surface area contributed by atoms with Crippen molar-refractivity contribution in [3.05, 3.63) is 44.0 Å². The number of methoxy groups -OCH3 is 4. The van der Waals surface area contributed by atoms with Crippen molar-refractivity contribution >= 4 is 21.8 Å². The number of amides is 1. The molecule has 0 heterocycles. The summed E-state index contributed by atoms with van der Waals surface area (Å²) in [5.74, 6) is 1.53. The highest BCUT2D eigenvalue weighted by Gasteiger charge is 2.30. The number of aryl methyl sites for hydroxylation is 1. The fourth-order valence-electron chi connectivity index (χ4n) is 3.88. The van der Waals surface area contributed by atoms with E-state index in [9.17, 15) is 9.59 Å². The van der Waals surface area contributed by atoms with Crippen LogP contribution in [-0.2, 0) is 11.2 Å². The Kier molecular flexibility index (Phi) is 6.55. The van der Waals surface area contributed by atoms with Gasteiger partial charge in [-0.3, -0.25) is 9.59 Å². The average Bonchev–Trinajstić information content (AvgIpc) is 2.94. The van der Waals surface area contributed by atoms with Gasteiger partial charge in [-0.25, -0.2) is 0 Å². The van der Waals surface area contributed by atoms with Crippen molar-refractivity contribution in [2.75, 3.05) is 28.4 Å². The molecule has 1 N–H and O–H groups in total. The summed E-state index contributed by atoms with van der Waals surface area (Å²) in [6.45, 7) is 1.47. The summed E-state index contributed by atoms with van der Waals surface area (Å²) in [4.78, 5) is 24.6. The molecule has 1 unspecified atom stereocenters. The molecular formula is C22H24BrNO6. The molecule has 0 radical (unpaired) electrons. The number of carbonyl (C=O) groups excluding carboxylic acids is 1. The molecule has 1 aliphatic rings. The molecule has 7 nitrogen and oxygen atoms in total. The van der Waals surface area contributed by atoms with Crippen LogP contribution >= 0.6 is 15.9 Å². The molecule has 0 aromatic heterocycles. The van der Waals surface area contributed by atoms with E-state index in [0.717, 1.165) is 22.3 Å². The van der Waals surface area contributed by atoms with E-state index in [2.05, 4.69) is 21.2 Å². The van der Waals surface area contributed by atoms with E-state index in [1.807, 2.05) is 6.07 Å². The molecule has 8 heteroatoms. The van der Waals surface area contributed by atoms with Gasteiger partial charge in [0.25, 0.3) is 0 Å². The minimum atomic E-state index is -0.320. The fourth-order valence-corrected chi connectivity index (χ4v) is 4.31. The molecule has 0 aliphatic heterocycles. The van der Waals surface area contributed by atoms with Crippen molar-refractivity contribution in [3.8, 4) is 34.1 Å². The monoisotopic (exact) mass is 477 g/mol. The molecule has 0 saturated heterocycles. The summed E-state index contributed by atoms with van der Waals surface area (Å²) in [5, 5.41) is 3.00. The van der Waals surface area contributed by atoms with Crippen molar-refractivity contribution in [2.45, 2.75) is 25.8 Å². The van der Waals surface area contributed by atoms with Crippen LogP contribution in [0.3, 0.4) is 0 Å². The number of rotatable bonds is 5. The molecular weight excluding hydrogens is 454 g/mol. The molecule has 0 saturated carbocycles. The lowest BCUT2D eigenvalue weighted by molar-refractivity contribution is -0.119. The molecule has 1 atom stereocenters. The van der Waals surface area contributed by atoms with Gasteiger partial charge in [0.15, 0.2) is 17.2 Å². The van der Waals surface area contributed by atoms with Crippen LogP contribution in [0.2, 0.25) is 0 Å². The highest BCUT2D eigenvalue weighted by molar-refractivity contribution is 9.10.